The molecule has 0 saturated carbocycles. The molecule has 2 heterocycles. The molecular formula is C20H22N6O4S. The van der Waals surface area contributed by atoms with Crippen LogP contribution in [0.15, 0.2) is 59.5 Å². The van der Waals surface area contributed by atoms with Crippen LogP contribution in [0.4, 0.5) is 0 Å². The molecule has 1 aliphatic rings. The number of carbonyl (C=O) groups excluding carboxylic acids is 1. The van der Waals surface area contributed by atoms with E-state index in [1.54, 1.807) is 23.7 Å². The molecule has 2 aromatic carbocycles. The minimum absolute atomic E-state index is 0.0730. The Hall–Kier alpha value is -3.15. The normalized spacial score (nSPS) is 16.0. The first-order valence-corrected chi connectivity index (χ1v) is 11.2. The van der Waals surface area contributed by atoms with E-state index in [9.17, 15) is 13.2 Å². The summed E-state index contributed by atoms with van der Waals surface area (Å²) in [5.41, 5.74) is 1.00. The number of rotatable bonds is 6. The van der Waals surface area contributed by atoms with Gasteiger partial charge in [0.2, 0.25) is 10.0 Å². The Morgan fingerprint density at radius 3 is 2.58 bits per heavy atom. The number of benzene rings is 2. The van der Waals surface area contributed by atoms with Gasteiger partial charge in [-0.3, -0.25) is 4.79 Å². The van der Waals surface area contributed by atoms with Crippen LogP contribution in [0.5, 0.6) is 0 Å². The zero-order valence-corrected chi connectivity index (χ0v) is 17.7. The van der Waals surface area contributed by atoms with E-state index in [0.29, 0.717) is 19.0 Å². The molecule has 0 bridgehead atoms. The maximum Gasteiger partial charge on any atom is 0.251 e. The number of nitrogens with one attached hydrogen (secondary N) is 1. The van der Waals surface area contributed by atoms with Crippen LogP contribution in [0.3, 0.4) is 0 Å². The van der Waals surface area contributed by atoms with Gasteiger partial charge in [-0.05, 0) is 47.7 Å². The molecule has 1 N–H and O–H groups in total. The van der Waals surface area contributed by atoms with E-state index in [1.807, 2.05) is 30.3 Å². The van der Waals surface area contributed by atoms with Gasteiger partial charge in [-0.15, -0.1) is 5.10 Å². The molecular weight excluding hydrogens is 420 g/mol. The summed E-state index contributed by atoms with van der Waals surface area (Å²) in [5, 5.41) is 14.6. The molecule has 1 saturated heterocycles. The second-order valence-electron chi connectivity index (χ2n) is 7.02. The average Bonchev–Trinajstić information content (AvgIpc) is 3.30. The maximum absolute atomic E-state index is 12.9. The number of aromatic nitrogens is 4. The lowest BCUT2D eigenvalue weighted by Gasteiger charge is -2.26. The van der Waals surface area contributed by atoms with Crippen LogP contribution in [0.25, 0.3) is 5.69 Å². The van der Waals surface area contributed by atoms with E-state index in [-0.39, 0.29) is 23.5 Å². The van der Waals surface area contributed by atoms with Crippen molar-refractivity contribution in [1.29, 1.82) is 0 Å². The zero-order chi connectivity index (χ0) is 21.8. The van der Waals surface area contributed by atoms with E-state index in [1.165, 1.54) is 16.4 Å². The zero-order valence-electron chi connectivity index (χ0n) is 16.9. The van der Waals surface area contributed by atoms with Gasteiger partial charge in [0.05, 0.1) is 29.8 Å². The lowest BCUT2D eigenvalue weighted by Crippen LogP contribution is -2.40. The van der Waals surface area contributed by atoms with E-state index < -0.39 is 22.0 Å². The molecule has 1 aliphatic heterocycles. The van der Waals surface area contributed by atoms with Gasteiger partial charge >= 0.3 is 0 Å². The Bertz CT molecular complexity index is 1160. The standard InChI is InChI=1S/C20H22N6O4S/c1-15(19-22-23-24-26(19)17-7-3-2-4-8-17)21-20(27)16-6-5-9-18(14-16)31(28,29)25-10-12-30-13-11-25/h2-9,14-15H,10-13H2,1H3,(H,21,27). The third-order valence-corrected chi connectivity index (χ3v) is 6.83. The highest BCUT2D eigenvalue weighted by Crippen LogP contribution is 2.19. The number of tetrazole rings is 1. The number of amides is 1. The molecule has 0 spiro atoms. The fraction of sp³-hybridized carbons (Fsp3) is 0.300. The highest BCUT2D eigenvalue weighted by molar-refractivity contribution is 7.89. The van der Waals surface area contributed by atoms with Gasteiger partial charge in [-0.25, -0.2) is 8.42 Å². The molecule has 1 unspecified atom stereocenters. The minimum Gasteiger partial charge on any atom is -0.379 e. The van der Waals surface area contributed by atoms with Crippen LogP contribution in [-0.2, 0) is 14.8 Å². The van der Waals surface area contributed by atoms with Gasteiger partial charge < -0.3 is 10.1 Å². The molecule has 162 valence electrons. The molecule has 0 aliphatic carbocycles. The highest BCUT2D eigenvalue weighted by atomic mass is 32.2. The van der Waals surface area contributed by atoms with Gasteiger partial charge in [-0.1, -0.05) is 24.3 Å². The second kappa shape index (κ2) is 8.92. The minimum atomic E-state index is -3.70. The third kappa shape index (κ3) is 4.48. The van der Waals surface area contributed by atoms with Crippen molar-refractivity contribution in [3.8, 4) is 5.69 Å². The molecule has 10 nitrogen and oxygen atoms in total. The van der Waals surface area contributed by atoms with Crippen molar-refractivity contribution in [3.63, 3.8) is 0 Å². The number of sulfonamides is 1. The number of para-hydroxylation sites is 1. The van der Waals surface area contributed by atoms with Crippen molar-refractivity contribution in [2.24, 2.45) is 0 Å². The quantitative estimate of drug-likeness (QED) is 0.609. The summed E-state index contributed by atoms with van der Waals surface area (Å²) >= 11 is 0. The molecule has 1 amide bonds. The van der Waals surface area contributed by atoms with Crippen molar-refractivity contribution in [2.45, 2.75) is 17.9 Å². The van der Waals surface area contributed by atoms with Crippen molar-refractivity contribution in [3.05, 3.63) is 66.0 Å². The molecule has 1 aromatic heterocycles. The summed E-state index contributed by atoms with van der Waals surface area (Å²) in [6.07, 6.45) is 0. The van der Waals surface area contributed by atoms with Gasteiger partial charge in [0, 0.05) is 18.7 Å². The summed E-state index contributed by atoms with van der Waals surface area (Å²) in [5.74, 6) is 0.0331. The van der Waals surface area contributed by atoms with E-state index >= 15 is 0 Å². The lowest BCUT2D eigenvalue weighted by atomic mass is 10.2. The summed E-state index contributed by atoms with van der Waals surface area (Å²) in [6, 6.07) is 14.8. The molecule has 11 heteroatoms. The van der Waals surface area contributed by atoms with Crippen LogP contribution in [0.1, 0.15) is 29.1 Å². The van der Waals surface area contributed by atoms with Crippen molar-refractivity contribution in [2.75, 3.05) is 26.3 Å². The van der Waals surface area contributed by atoms with Crippen LogP contribution in [0, 0.1) is 0 Å². The largest absolute Gasteiger partial charge is 0.379 e. The van der Waals surface area contributed by atoms with Crippen molar-refractivity contribution < 1.29 is 17.9 Å². The Kier molecular flexibility index (Phi) is 6.07. The summed E-state index contributed by atoms with van der Waals surface area (Å²) in [4.78, 5) is 12.9. The molecule has 3 aromatic rings. The molecule has 1 fully saturated rings. The Morgan fingerprint density at radius 1 is 1.10 bits per heavy atom. The number of hydrogen-bond donors (Lipinski definition) is 1. The number of hydrogen-bond acceptors (Lipinski definition) is 7. The number of nitrogens with zero attached hydrogens (tertiary/aromatic N) is 5. The monoisotopic (exact) mass is 442 g/mol. The first kappa shape index (κ1) is 21.1. The van der Waals surface area contributed by atoms with Gasteiger partial charge in [0.25, 0.3) is 5.91 Å². The molecule has 1 atom stereocenters. The highest BCUT2D eigenvalue weighted by Gasteiger charge is 2.27. The maximum atomic E-state index is 12.9. The van der Waals surface area contributed by atoms with Crippen LogP contribution >= 0.6 is 0 Å². The van der Waals surface area contributed by atoms with Gasteiger partial charge in [0.15, 0.2) is 5.82 Å². The van der Waals surface area contributed by atoms with E-state index in [4.69, 9.17) is 4.74 Å². The summed E-state index contributed by atoms with van der Waals surface area (Å²) in [7, 11) is -3.70. The van der Waals surface area contributed by atoms with E-state index in [0.717, 1.165) is 5.69 Å². The van der Waals surface area contributed by atoms with Crippen LogP contribution in [0.2, 0.25) is 0 Å². The SMILES string of the molecule is CC(NC(=O)c1cccc(S(=O)(=O)N2CCOCC2)c1)c1nnnn1-c1ccccc1. The molecule has 0 radical (unpaired) electrons. The Labute approximate surface area is 179 Å². The molecule has 31 heavy (non-hydrogen) atoms. The number of carbonyl (C=O) groups is 1. The predicted octanol–water partition coefficient (Wildman–Crippen LogP) is 1.17. The van der Waals surface area contributed by atoms with Crippen molar-refractivity contribution >= 4 is 15.9 Å². The first-order valence-electron chi connectivity index (χ1n) is 9.79. The first-order chi connectivity index (χ1) is 15.0. The van der Waals surface area contributed by atoms with Gasteiger partial charge in [-0.2, -0.15) is 8.99 Å². The second-order valence-corrected chi connectivity index (χ2v) is 8.96. The summed E-state index contributed by atoms with van der Waals surface area (Å²) in [6.45, 7) is 3.05. The smallest absolute Gasteiger partial charge is 0.251 e. The number of morpholine rings is 1. The Balaban J connectivity index is 1.52. The summed E-state index contributed by atoms with van der Waals surface area (Å²) < 4.78 is 33.9. The molecule has 4 rings (SSSR count). The average molecular weight is 443 g/mol. The third-order valence-electron chi connectivity index (χ3n) is 4.93. The number of ether oxygens (including phenoxy) is 1. The fourth-order valence-electron chi connectivity index (χ4n) is 3.30. The van der Waals surface area contributed by atoms with Crippen LogP contribution < -0.4 is 5.32 Å². The van der Waals surface area contributed by atoms with Crippen LogP contribution in [-0.4, -0.2) is 65.1 Å². The van der Waals surface area contributed by atoms with Gasteiger partial charge in [0.1, 0.15) is 0 Å². The van der Waals surface area contributed by atoms with Crippen molar-refractivity contribution in [1.82, 2.24) is 29.8 Å². The lowest BCUT2D eigenvalue weighted by molar-refractivity contribution is 0.0730. The van der Waals surface area contributed by atoms with E-state index in [2.05, 4.69) is 20.8 Å². The Morgan fingerprint density at radius 2 is 1.84 bits per heavy atom. The fourth-order valence-corrected chi connectivity index (χ4v) is 4.75. The predicted molar refractivity (Wildman–Crippen MR) is 111 cm³/mol. The topological polar surface area (TPSA) is 119 Å².